The monoisotopic (exact) mass is 436 g/mol. The van der Waals surface area contributed by atoms with Gasteiger partial charge in [0.2, 0.25) is 15.9 Å². The third-order valence-corrected chi connectivity index (χ3v) is 7.55. The summed E-state index contributed by atoms with van der Waals surface area (Å²) in [6, 6.07) is 6.59. The van der Waals surface area contributed by atoms with E-state index in [1.165, 1.54) is 16.4 Å². The maximum absolute atomic E-state index is 12.9. The van der Waals surface area contributed by atoms with Gasteiger partial charge in [0.25, 0.3) is 5.91 Å². The number of amides is 2. The highest BCUT2D eigenvalue weighted by atomic mass is 32.2. The van der Waals surface area contributed by atoms with E-state index >= 15 is 0 Å². The molecule has 0 unspecified atom stereocenters. The van der Waals surface area contributed by atoms with Crippen molar-refractivity contribution in [3.8, 4) is 0 Å². The minimum Gasteiger partial charge on any atom is -0.379 e. The van der Waals surface area contributed by atoms with Crippen LogP contribution in [0.2, 0.25) is 0 Å². The SMILES string of the molecule is O=C(CN1CCN(C(=O)c2cccc(S(=O)(=O)N3CCOCC3)c2)CC1)NC1CC1. The van der Waals surface area contributed by atoms with Crippen molar-refractivity contribution in [2.24, 2.45) is 0 Å². The van der Waals surface area contributed by atoms with Crippen molar-refractivity contribution in [2.75, 3.05) is 59.0 Å². The molecule has 0 radical (unpaired) electrons. The zero-order valence-corrected chi connectivity index (χ0v) is 17.8. The van der Waals surface area contributed by atoms with Gasteiger partial charge < -0.3 is 15.0 Å². The van der Waals surface area contributed by atoms with Crippen LogP contribution in [-0.4, -0.2) is 99.4 Å². The molecule has 2 heterocycles. The van der Waals surface area contributed by atoms with Gasteiger partial charge in [-0.1, -0.05) is 6.07 Å². The summed E-state index contributed by atoms with van der Waals surface area (Å²) in [7, 11) is -3.65. The Balaban J connectivity index is 1.36. The number of carbonyl (C=O) groups excluding carboxylic acids is 2. The number of nitrogens with zero attached hydrogens (tertiary/aromatic N) is 3. The maximum atomic E-state index is 12.9. The van der Waals surface area contributed by atoms with Crippen LogP contribution in [0.4, 0.5) is 0 Å². The fourth-order valence-electron chi connectivity index (χ4n) is 3.72. The lowest BCUT2D eigenvalue weighted by atomic mass is 10.2. The molecule has 0 aromatic heterocycles. The number of ether oxygens (including phenoxy) is 1. The molecule has 4 rings (SSSR count). The Morgan fingerprint density at radius 2 is 1.73 bits per heavy atom. The molecule has 3 fully saturated rings. The fraction of sp³-hybridized carbons (Fsp3) is 0.600. The van der Waals surface area contributed by atoms with Gasteiger partial charge in [0.1, 0.15) is 0 Å². The minimum absolute atomic E-state index is 0.0401. The van der Waals surface area contributed by atoms with Crippen molar-refractivity contribution in [1.29, 1.82) is 0 Å². The minimum atomic E-state index is -3.65. The van der Waals surface area contributed by atoms with Crippen LogP contribution in [0.15, 0.2) is 29.2 Å². The first-order valence-electron chi connectivity index (χ1n) is 10.4. The summed E-state index contributed by atoms with van der Waals surface area (Å²) in [5, 5.41) is 2.98. The summed E-state index contributed by atoms with van der Waals surface area (Å²) in [4.78, 5) is 28.8. The van der Waals surface area contributed by atoms with Crippen LogP contribution < -0.4 is 5.32 Å². The lowest BCUT2D eigenvalue weighted by Crippen LogP contribution is -2.51. The lowest BCUT2D eigenvalue weighted by molar-refractivity contribution is -0.122. The van der Waals surface area contributed by atoms with E-state index in [9.17, 15) is 18.0 Å². The largest absolute Gasteiger partial charge is 0.379 e. The molecule has 1 aromatic rings. The highest BCUT2D eigenvalue weighted by Gasteiger charge is 2.29. The van der Waals surface area contributed by atoms with E-state index in [0.717, 1.165) is 12.8 Å². The summed E-state index contributed by atoms with van der Waals surface area (Å²) in [6.45, 7) is 4.00. The van der Waals surface area contributed by atoms with Gasteiger partial charge in [0, 0.05) is 50.9 Å². The van der Waals surface area contributed by atoms with Gasteiger partial charge in [0.15, 0.2) is 0 Å². The molecule has 1 N–H and O–H groups in total. The molecule has 2 saturated heterocycles. The number of hydrogen-bond donors (Lipinski definition) is 1. The number of piperazine rings is 1. The van der Waals surface area contributed by atoms with E-state index in [1.807, 2.05) is 4.90 Å². The van der Waals surface area contributed by atoms with E-state index in [-0.39, 0.29) is 16.7 Å². The Bertz CT molecular complexity index is 888. The van der Waals surface area contributed by atoms with E-state index in [4.69, 9.17) is 4.74 Å². The molecule has 0 atom stereocenters. The molecular formula is C20H28N4O5S. The van der Waals surface area contributed by atoms with Crippen molar-refractivity contribution in [3.63, 3.8) is 0 Å². The average Bonchev–Trinajstić information content (AvgIpc) is 3.58. The van der Waals surface area contributed by atoms with E-state index < -0.39 is 10.0 Å². The topological polar surface area (TPSA) is 99.3 Å². The molecule has 0 spiro atoms. The second-order valence-corrected chi connectivity index (χ2v) is 9.89. The van der Waals surface area contributed by atoms with Crippen molar-refractivity contribution in [3.05, 3.63) is 29.8 Å². The second kappa shape index (κ2) is 9.01. The number of morpholine rings is 1. The van der Waals surface area contributed by atoms with Crippen molar-refractivity contribution >= 4 is 21.8 Å². The molecule has 0 bridgehead atoms. The van der Waals surface area contributed by atoms with Crippen LogP contribution >= 0.6 is 0 Å². The highest BCUT2D eigenvalue weighted by molar-refractivity contribution is 7.89. The van der Waals surface area contributed by atoms with Crippen LogP contribution in [0.5, 0.6) is 0 Å². The maximum Gasteiger partial charge on any atom is 0.253 e. The molecule has 1 aromatic carbocycles. The van der Waals surface area contributed by atoms with Crippen molar-refractivity contribution < 1.29 is 22.7 Å². The number of benzene rings is 1. The van der Waals surface area contributed by atoms with Crippen LogP contribution in [0.25, 0.3) is 0 Å². The molecule has 2 amide bonds. The van der Waals surface area contributed by atoms with E-state index in [2.05, 4.69) is 5.32 Å². The Labute approximate surface area is 177 Å². The number of rotatable bonds is 6. The van der Waals surface area contributed by atoms with Gasteiger partial charge in [-0.25, -0.2) is 8.42 Å². The van der Waals surface area contributed by atoms with E-state index in [0.29, 0.717) is 70.6 Å². The number of nitrogens with one attached hydrogen (secondary N) is 1. The van der Waals surface area contributed by atoms with Gasteiger partial charge >= 0.3 is 0 Å². The van der Waals surface area contributed by atoms with Gasteiger partial charge in [-0.2, -0.15) is 4.31 Å². The first-order chi connectivity index (χ1) is 14.4. The van der Waals surface area contributed by atoms with Gasteiger partial charge in [-0.3, -0.25) is 14.5 Å². The standard InChI is InChI=1S/C20H28N4O5S/c25-19(21-17-4-5-17)15-22-6-8-23(9-7-22)20(26)16-2-1-3-18(14-16)30(27,28)24-10-12-29-13-11-24/h1-3,14,17H,4-13,15H2,(H,21,25). The van der Waals surface area contributed by atoms with Gasteiger partial charge in [-0.15, -0.1) is 0 Å². The molecule has 30 heavy (non-hydrogen) atoms. The fourth-order valence-corrected chi connectivity index (χ4v) is 5.18. The van der Waals surface area contributed by atoms with Crippen LogP contribution in [0.1, 0.15) is 23.2 Å². The summed E-state index contributed by atoms with van der Waals surface area (Å²) < 4.78 is 32.4. The smallest absolute Gasteiger partial charge is 0.253 e. The number of carbonyl (C=O) groups is 2. The average molecular weight is 437 g/mol. The van der Waals surface area contributed by atoms with Crippen LogP contribution in [-0.2, 0) is 19.6 Å². The second-order valence-electron chi connectivity index (χ2n) is 7.95. The Morgan fingerprint density at radius 3 is 2.40 bits per heavy atom. The quantitative estimate of drug-likeness (QED) is 0.660. The molecule has 1 aliphatic carbocycles. The first-order valence-corrected chi connectivity index (χ1v) is 11.9. The summed E-state index contributed by atoms with van der Waals surface area (Å²) in [6.07, 6.45) is 2.13. The molecule has 3 aliphatic rings. The molecule has 164 valence electrons. The number of hydrogen-bond acceptors (Lipinski definition) is 6. The van der Waals surface area contributed by atoms with Crippen molar-refractivity contribution in [2.45, 2.75) is 23.8 Å². The van der Waals surface area contributed by atoms with Gasteiger partial charge in [0.05, 0.1) is 24.7 Å². The molecule has 9 nitrogen and oxygen atoms in total. The zero-order valence-electron chi connectivity index (χ0n) is 17.0. The van der Waals surface area contributed by atoms with Crippen LogP contribution in [0, 0.1) is 0 Å². The Hall–Kier alpha value is -2.01. The normalized spacial score (nSPS) is 21.4. The Morgan fingerprint density at radius 1 is 1.03 bits per heavy atom. The predicted molar refractivity (Wildman–Crippen MR) is 110 cm³/mol. The summed E-state index contributed by atoms with van der Waals surface area (Å²) >= 11 is 0. The Kier molecular flexibility index (Phi) is 6.37. The molecule has 10 heteroatoms. The van der Waals surface area contributed by atoms with Crippen LogP contribution in [0.3, 0.4) is 0 Å². The molecular weight excluding hydrogens is 408 g/mol. The van der Waals surface area contributed by atoms with Crippen molar-refractivity contribution in [1.82, 2.24) is 19.4 Å². The predicted octanol–water partition coefficient (Wildman–Crippen LogP) is -0.256. The zero-order chi connectivity index (χ0) is 21.1. The third-order valence-electron chi connectivity index (χ3n) is 5.66. The lowest BCUT2D eigenvalue weighted by Gasteiger charge is -2.34. The van der Waals surface area contributed by atoms with Gasteiger partial charge in [-0.05, 0) is 31.0 Å². The summed E-state index contributed by atoms with van der Waals surface area (Å²) in [5.74, 6) is -0.144. The highest BCUT2D eigenvalue weighted by Crippen LogP contribution is 2.20. The van der Waals surface area contributed by atoms with E-state index in [1.54, 1.807) is 17.0 Å². The molecule has 2 aliphatic heterocycles. The molecule has 1 saturated carbocycles. The third kappa shape index (κ3) is 5.00. The number of sulfonamides is 1. The summed E-state index contributed by atoms with van der Waals surface area (Å²) in [5.41, 5.74) is 0.365. The first kappa shape index (κ1) is 21.2.